The molecular weight excluding hydrogens is 236 g/mol. The van der Waals surface area contributed by atoms with E-state index < -0.39 is 0 Å². The summed E-state index contributed by atoms with van der Waals surface area (Å²) in [5.41, 5.74) is 5.28. The van der Waals surface area contributed by atoms with Crippen molar-refractivity contribution >= 4 is 17.2 Å². The van der Waals surface area contributed by atoms with Crippen LogP contribution in [0.3, 0.4) is 0 Å². The molecule has 0 radical (unpaired) electrons. The van der Waals surface area contributed by atoms with Crippen molar-refractivity contribution in [1.29, 1.82) is 0 Å². The van der Waals surface area contributed by atoms with E-state index in [1.54, 1.807) is 13.2 Å². The summed E-state index contributed by atoms with van der Waals surface area (Å²) in [6.07, 6.45) is 0.00964. The molecule has 1 aromatic rings. The normalized spacial score (nSPS) is 11.5. The number of nitrogens with two attached hydrogens (primary N) is 1. The number of hydrogen-bond donors (Lipinski definition) is 2. The number of hydrogen-bond acceptors (Lipinski definition) is 4. The van der Waals surface area contributed by atoms with Gasteiger partial charge in [-0.2, -0.15) is 0 Å². The van der Waals surface area contributed by atoms with Crippen LogP contribution in [-0.2, 0) is 4.74 Å². The first-order chi connectivity index (χ1) is 8.17. The third kappa shape index (κ3) is 4.57. The molecule has 5 heteroatoms. The predicted octanol–water partition coefficient (Wildman–Crippen LogP) is 0.823. The van der Waals surface area contributed by atoms with Crippen molar-refractivity contribution in [3.63, 3.8) is 0 Å². The first-order valence-corrected chi connectivity index (χ1v) is 6.08. The van der Waals surface area contributed by atoms with Crippen molar-refractivity contribution in [2.75, 3.05) is 20.2 Å². The van der Waals surface area contributed by atoms with Gasteiger partial charge in [-0.3, -0.25) is 4.79 Å². The minimum absolute atomic E-state index is 0.00964. The summed E-state index contributed by atoms with van der Waals surface area (Å²) in [6, 6.07) is 3.58. The standard InChI is InChI=1S/C12H16N2O2S/c1-9(16-2)8-14-12(15)11-6-5-10(17-11)4-3-7-13/h5-6,9H,7-8,13H2,1-2H3,(H,14,15). The fourth-order valence-electron chi connectivity index (χ4n) is 1.07. The van der Waals surface area contributed by atoms with Gasteiger partial charge >= 0.3 is 0 Å². The number of carbonyl (C=O) groups is 1. The molecule has 4 nitrogen and oxygen atoms in total. The van der Waals surface area contributed by atoms with Crippen molar-refractivity contribution in [1.82, 2.24) is 5.32 Å². The topological polar surface area (TPSA) is 64.3 Å². The fourth-order valence-corrected chi connectivity index (χ4v) is 1.87. The van der Waals surface area contributed by atoms with E-state index in [0.29, 0.717) is 18.0 Å². The summed E-state index contributed by atoms with van der Waals surface area (Å²) in [4.78, 5) is 13.2. The van der Waals surface area contributed by atoms with Gasteiger partial charge in [-0.1, -0.05) is 11.8 Å². The molecule has 0 saturated heterocycles. The smallest absolute Gasteiger partial charge is 0.261 e. The number of thiophene rings is 1. The molecule has 0 aliphatic rings. The van der Waals surface area contributed by atoms with Crippen LogP contribution in [0.1, 0.15) is 21.5 Å². The SMILES string of the molecule is COC(C)CNC(=O)c1ccc(C#CCN)s1. The quantitative estimate of drug-likeness (QED) is 0.780. The second-order valence-electron chi connectivity index (χ2n) is 3.43. The molecule has 1 rings (SSSR count). The lowest BCUT2D eigenvalue weighted by Crippen LogP contribution is -2.30. The van der Waals surface area contributed by atoms with Crippen molar-refractivity contribution < 1.29 is 9.53 Å². The van der Waals surface area contributed by atoms with Gasteiger partial charge in [0.2, 0.25) is 0 Å². The van der Waals surface area contributed by atoms with Crippen LogP contribution in [0.2, 0.25) is 0 Å². The van der Waals surface area contributed by atoms with E-state index in [4.69, 9.17) is 10.5 Å². The Bertz CT molecular complexity index is 431. The third-order valence-corrected chi connectivity index (χ3v) is 3.10. The largest absolute Gasteiger partial charge is 0.380 e. The summed E-state index contributed by atoms with van der Waals surface area (Å²) in [7, 11) is 1.61. The Morgan fingerprint density at radius 2 is 2.41 bits per heavy atom. The molecule has 0 aromatic carbocycles. The lowest BCUT2D eigenvalue weighted by Gasteiger charge is -2.09. The molecule has 0 bridgehead atoms. The van der Waals surface area contributed by atoms with Gasteiger partial charge in [0.1, 0.15) is 0 Å². The number of rotatable bonds is 4. The lowest BCUT2D eigenvalue weighted by atomic mass is 10.3. The highest BCUT2D eigenvalue weighted by Gasteiger charge is 2.09. The summed E-state index contributed by atoms with van der Waals surface area (Å²) >= 11 is 1.36. The predicted molar refractivity (Wildman–Crippen MR) is 69.1 cm³/mol. The molecule has 0 aliphatic carbocycles. The number of ether oxygens (including phenoxy) is 1. The second-order valence-corrected chi connectivity index (χ2v) is 4.51. The summed E-state index contributed by atoms with van der Waals surface area (Å²) in [5.74, 6) is 5.55. The second kappa shape index (κ2) is 7.07. The molecule has 1 aromatic heterocycles. The van der Waals surface area contributed by atoms with Crippen LogP contribution in [0.25, 0.3) is 0 Å². The number of amides is 1. The number of nitrogens with one attached hydrogen (secondary N) is 1. The van der Waals surface area contributed by atoms with Crippen molar-refractivity contribution in [3.8, 4) is 11.8 Å². The first kappa shape index (κ1) is 13.7. The maximum Gasteiger partial charge on any atom is 0.261 e. The van der Waals surface area contributed by atoms with E-state index in [-0.39, 0.29) is 12.0 Å². The molecule has 0 saturated carbocycles. The van der Waals surface area contributed by atoms with Crippen LogP contribution >= 0.6 is 11.3 Å². The Labute approximate surface area is 105 Å². The van der Waals surface area contributed by atoms with Crippen molar-refractivity contribution in [2.24, 2.45) is 5.73 Å². The lowest BCUT2D eigenvalue weighted by molar-refractivity contribution is 0.0874. The molecule has 17 heavy (non-hydrogen) atoms. The van der Waals surface area contributed by atoms with Crippen LogP contribution in [0.4, 0.5) is 0 Å². The zero-order chi connectivity index (χ0) is 12.7. The van der Waals surface area contributed by atoms with Crippen LogP contribution in [-0.4, -0.2) is 32.2 Å². The van der Waals surface area contributed by atoms with Crippen LogP contribution in [0.15, 0.2) is 12.1 Å². The highest BCUT2D eigenvalue weighted by molar-refractivity contribution is 7.14. The van der Waals surface area contributed by atoms with E-state index in [2.05, 4.69) is 17.2 Å². The van der Waals surface area contributed by atoms with Crippen LogP contribution < -0.4 is 11.1 Å². The average Bonchev–Trinajstić information content (AvgIpc) is 2.81. The van der Waals surface area contributed by atoms with Gasteiger partial charge in [-0.15, -0.1) is 11.3 Å². The fraction of sp³-hybridized carbons (Fsp3) is 0.417. The maximum absolute atomic E-state index is 11.7. The third-order valence-electron chi connectivity index (χ3n) is 2.10. The molecule has 1 atom stereocenters. The molecule has 0 aliphatic heterocycles. The molecule has 1 amide bonds. The van der Waals surface area contributed by atoms with Crippen LogP contribution in [0, 0.1) is 11.8 Å². The Kier molecular flexibility index (Phi) is 5.70. The molecule has 0 spiro atoms. The Hall–Kier alpha value is -1.35. The van der Waals surface area contributed by atoms with Gasteiger partial charge in [-0.05, 0) is 19.1 Å². The maximum atomic E-state index is 11.7. The van der Waals surface area contributed by atoms with E-state index in [1.807, 2.05) is 13.0 Å². The zero-order valence-corrected chi connectivity index (χ0v) is 10.8. The Morgan fingerprint density at radius 1 is 1.65 bits per heavy atom. The monoisotopic (exact) mass is 252 g/mol. The highest BCUT2D eigenvalue weighted by atomic mass is 32.1. The zero-order valence-electron chi connectivity index (χ0n) is 9.95. The molecule has 92 valence electrons. The Morgan fingerprint density at radius 3 is 3.06 bits per heavy atom. The van der Waals surface area contributed by atoms with Crippen molar-refractivity contribution in [3.05, 3.63) is 21.9 Å². The molecular formula is C12H16N2O2S. The molecule has 0 fully saturated rings. The van der Waals surface area contributed by atoms with E-state index in [1.165, 1.54) is 11.3 Å². The highest BCUT2D eigenvalue weighted by Crippen LogP contribution is 2.15. The van der Waals surface area contributed by atoms with Crippen LogP contribution in [0.5, 0.6) is 0 Å². The summed E-state index contributed by atoms with van der Waals surface area (Å²) in [5, 5.41) is 2.79. The number of carbonyl (C=O) groups excluding carboxylic acids is 1. The summed E-state index contributed by atoms with van der Waals surface area (Å²) < 4.78 is 5.05. The first-order valence-electron chi connectivity index (χ1n) is 5.27. The number of methoxy groups -OCH3 is 1. The average molecular weight is 252 g/mol. The van der Waals surface area contributed by atoms with Gasteiger partial charge in [0.15, 0.2) is 0 Å². The van der Waals surface area contributed by atoms with E-state index in [9.17, 15) is 4.79 Å². The Balaban J connectivity index is 2.55. The minimum Gasteiger partial charge on any atom is -0.380 e. The van der Waals surface area contributed by atoms with Gasteiger partial charge < -0.3 is 15.8 Å². The van der Waals surface area contributed by atoms with E-state index >= 15 is 0 Å². The summed E-state index contributed by atoms with van der Waals surface area (Å²) in [6.45, 7) is 2.72. The van der Waals surface area contributed by atoms with Crippen molar-refractivity contribution in [2.45, 2.75) is 13.0 Å². The van der Waals surface area contributed by atoms with Gasteiger partial charge in [0, 0.05) is 13.7 Å². The minimum atomic E-state index is -0.0975. The molecule has 1 unspecified atom stereocenters. The van der Waals surface area contributed by atoms with Gasteiger partial charge in [0.25, 0.3) is 5.91 Å². The van der Waals surface area contributed by atoms with Gasteiger partial charge in [0.05, 0.1) is 22.4 Å². The van der Waals surface area contributed by atoms with Gasteiger partial charge in [-0.25, -0.2) is 0 Å². The molecule has 1 heterocycles. The van der Waals surface area contributed by atoms with E-state index in [0.717, 1.165) is 4.88 Å². The molecule has 3 N–H and O–H groups in total.